The van der Waals surface area contributed by atoms with Gasteiger partial charge in [0.05, 0.1) is 0 Å². The fraction of sp³-hybridized carbons (Fsp3) is 0.200. The monoisotopic (exact) mass is 305 g/mol. The normalized spacial score (nSPS) is 10.5. The van der Waals surface area contributed by atoms with Gasteiger partial charge in [-0.25, -0.2) is 0 Å². The van der Waals surface area contributed by atoms with Crippen LogP contribution in [0.4, 0.5) is 0 Å². The van der Waals surface area contributed by atoms with Crippen molar-refractivity contribution in [3.8, 4) is 5.75 Å². The Morgan fingerprint density at radius 3 is 2.50 bits per heavy atom. The first-order valence-corrected chi connectivity index (χ1v) is 6.76. The number of nitrogens with one attached hydrogen (secondary N) is 1. The minimum Gasteiger partial charge on any atom is -0.508 e. The zero-order valence-electron chi connectivity index (χ0n) is 10.1. The molecule has 0 spiro atoms. The molecule has 3 heteroatoms. The molecule has 0 bridgehead atoms. The van der Waals surface area contributed by atoms with E-state index in [2.05, 4.69) is 33.4 Å². The highest BCUT2D eigenvalue weighted by atomic mass is 79.9. The van der Waals surface area contributed by atoms with Crippen LogP contribution in [0.25, 0.3) is 0 Å². The summed E-state index contributed by atoms with van der Waals surface area (Å²) in [4.78, 5) is 0. The summed E-state index contributed by atoms with van der Waals surface area (Å²) in [7, 11) is 0. The summed E-state index contributed by atoms with van der Waals surface area (Å²) >= 11 is 3.46. The Labute approximate surface area is 116 Å². The van der Waals surface area contributed by atoms with Crippen LogP contribution in [0.5, 0.6) is 5.75 Å². The third kappa shape index (κ3) is 4.17. The first-order valence-electron chi connectivity index (χ1n) is 5.97. The van der Waals surface area contributed by atoms with E-state index in [0.717, 1.165) is 24.0 Å². The summed E-state index contributed by atoms with van der Waals surface area (Å²) in [5.41, 5.74) is 2.50. The van der Waals surface area contributed by atoms with Crippen molar-refractivity contribution in [3.63, 3.8) is 0 Å². The number of phenols is 1. The quantitative estimate of drug-likeness (QED) is 0.829. The Kier molecular flexibility index (Phi) is 4.79. The van der Waals surface area contributed by atoms with Crippen LogP contribution in [-0.4, -0.2) is 11.7 Å². The fourth-order valence-electron chi connectivity index (χ4n) is 1.77. The number of rotatable bonds is 5. The van der Waals surface area contributed by atoms with Gasteiger partial charge in [-0.15, -0.1) is 0 Å². The SMILES string of the molecule is Oc1ccc(CCNCc2cccc(Br)c2)cc1. The van der Waals surface area contributed by atoms with E-state index >= 15 is 0 Å². The van der Waals surface area contributed by atoms with Crippen LogP contribution in [-0.2, 0) is 13.0 Å². The Hall–Kier alpha value is -1.32. The lowest BCUT2D eigenvalue weighted by atomic mass is 10.1. The molecule has 0 amide bonds. The zero-order valence-corrected chi connectivity index (χ0v) is 11.7. The number of hydrogen-bond acceptors (Lipinski definition) is 2. The summed E-state index contributed by atoms with van der Waals surface area (Å²) in [5.74, 6) is 0.320. The van der Waals surface area contributed by atoms with Crippen LogP contribution in [0.15, 0.2) is 53.0 Å². The van der Waals surface area contributed by atoms with Crippen LogP contribution in [0, 0.1) is 0 Å². The van der Waals surface area contributed by atoms with E-state index in [0.29, 0.717) is 5.75 Å². The van der Waals surface area contributed by atoms with Gasteiger partial charge in [-0.3, -0.25) is 0 Å². The molecule has 0 fully saturated rings. The van der Waals surface area contributed by atoms with Crippen LogP contribution in [0.2, 0.25) is 0 Å². The third-order valence-electron chi connectivity index (χ3n) is 2.74. The van der Waals surface area contributed by atoms with Crippen molar-refractivity contribution in [2.75, 3.05) is 6.54 Å². The summed E-state index contributed by atoms with van der Waals surface area (Å²) in [6.45, 7) is 1.80. The van der Waals surface area contributed by atoms with Crippen LogP contribution in [0.1, 0.15) is 11.1 Å². The van der Waals surface area contributed by atoms with E-state index in [9.17, 15) is 5.11 Å². The van der Waals surface area contributed by atoms with Gasteiger partial charge in [0.25, 0.3) is 0 Å². The Bertz CT molecular complexity index is 496. The molecule has 0 aliphatic rings. The maximum absolute atomic E-state index is 9.18. The molecular formula is C15H16BrNO. The van der Waals surface area contributed by atoms with Gasteiger partial charge in [0.15, 0.2) is 0 Å². The number of hydrogen-bond donors (Lipinski definition) is 2. The highest BCUT2D eigenvalue weighted by molar-refractivity contribution is 9.10. The van der Waals surface area contributed by atoms with Crippen molar-refractivity contribution in [3.05, 3.63) is 64.1 Å². The van der Waals surface area contributed by atoms with Crippen LogP contribution >= 0.6 is 15.9 Å². The lowest BCUT2D eigenvalue weighted by Gasteiger charge is -2.05. The highest BCUT2D eigenvalue weighted by Gasteiger charge is 1.95. The number of benzene rings is 2. The topological polar surface area (TPSA) is 32.3 Å². The van der Waals surface area contributed by atoms with Crippen molar-refractivity contribution in [1.29, 1.82) is 0 Å². The molecule has 0 atom stereocenters. The van der Waals surface area contributed by atoms with Crippen molar-refractivity contribution in [2.45, 2.75) is 13.0 Å². The highest BCUT2D eigenvalue weighted by Crippen LogP contribution is 2.12. The van der Waals surface area contributed by atoms with Gasteiger partial charge in [-0.2, -0.15) is 0 Å². The molecule has 2 N–H and O–H groups in total. The maximum Gasteiger partial charge on any atom is 0.115 e. The van der Waals surface area contributed by atoms with Crippen molar-refractivity contribution in [2.24, 2.45) is 0 Å². The number of phenolic OH excluding ortho intramolecular Hbond substituents is 1. The lowest BCUT2D eigenvalue weighted by Crippen LogP contribution is -2.16. The lowest BCUT2D eigenvalue weighted by molar-refractivity contribution is 0.475. The smallest absolute Gasteiger partial charge is 0.115 e. The molecular weight excluding hydrogens is 290 g/mol. The van der Waals surface area contributed by atoms with Gasteiger partial charge in [0.1, 0.15) is 5.75 Å². The standard InChI is InChI=1S/C15H16BrNO/c16-14-3-1-2-13(10-14)11-17-9-8-12-4-6-15(18)7-5-12/h1-7,10,17-18H,8-9,11H2. The largest absolute Gasteiger partial charge is 0.508 e. The molecule has 2 aromatic carbocycles. The molecule has 0 aliphatic carbocycles. The first kappa shape index (κ1) is 13.1. The summed E-state index contributed by atoms with van der Waals surface area (Å²) in [6, 6.07) is 15.7. The summed E-state index contributed by atoms with van der Waals surface area (Å²) in [5, 5.41) is 12.6. The molecule has 2 rings (SSSR count). The average Bonchev–Trinajstić information content (AvgIpc) is 2.37. The van der Waals surface area contributed by atoms with Crippen molar-refractivity contribution >= 4 is 15.9 Å². The van der Waals surface area contributed by atoms with E-state index in [4.69, 9.17) is 0 Å². The molecule has 0 saturated carbocycles. The number of aromatic hydroxyl groups is 1. The van der Waals surface area contributed by atoms with Gasteiger partial charge < -0.3 is 10.4 Å². The maximum atomic E-state index is 9.18. The predicted molar refractivity (Wildman–Crippen MR) is 77.7 cm³/mol. The Morgan fingerprint density at radius 1 is 1.00 bits per heavy atom. The van der Waals surface area contributed by atoms with Crippen LogP contribution in [0.3, 0.4) is 0 Å². The summed E-state index contributed by atoms with van der Waals surface area (Å²) in [6.07, 6.45) is 0.967. The van der Waals surface area contributed by atoms with E-state index in [-0.39, 0.29) is 0 Å². The van der Waals surface area contributed by atoms with Gasteiger partial charge >= 0.3 is 0 Å². The Balaban J connectivity index is 1.74. The van der Waals surface area contributed by atoms with E-state index in [1.165, 1.54) is 11.1 Å². The Morgan fingerprint density at radius 2 is 1.78 bits per heavy atom. The zero-order chi connectivity index (χ0) is 12.8. The second-order valence-corrected chi connectivity index (χ2v) is 5.14. The number of halogens is 1. The minimum absolute atomic E-state index is 0.320. The van der Waals surface area contributed by atoms with E-state index in [1.807, 2.05) is 24.3 Å². The molecule has 0 saturated heterocycles. The second-order valence-electron chi connectivity index (χ2n) is 4.22. The molecule has 2 aromatic rings. The first-order chi connectivity index (χ1) is 8.74. The van der Waals surface area contributed by atoms with Gasteiger partial charge in [0.2, 0.25) is 0 Å². The molecule has 2 nitrogen and oxygen atoms in total. The van der Waals surface area contributed by atoms with Gasteiger partial charge in [-0.1, -0.05) is 40.2 Å². The third-order valence-corrected chi connectivity index (χ3v) is 3.24. The van der Waals surface area contributed by atoms with E-state index < -0.39 is 0 Å². The minimum atomic E-state index is 0.320. The molecule has 0 aromatic heterocycles. The van der Waals surface area contributed by atoms with E-state index in [1.54, 1.807) is 12.1 Å². The molecule has 0 unspecified atom stereocenters. The predicted octanol–water partition coefficient (Wildman–Crippen LogP) is 3.49. The summed E-state index contributed by atoms with van der Waals surface area (Å²) < 4.78 is 1.11. The van der Waals surface area contributed by atoms with Crippen LogP contribution < -0.4 is 5.32 Å². The molecule has 0 heterocycles. The molecule has 0 radical (unpaired) electrons. The van der Waals surface area contributed by atoms with Crippen molar-refractivity contribution in [1.82, 2.24) is 5.32 Å². The van der Waals surface area contributed by atoms with Crippen molar-refractivity contribution < 1.29 is 5.11 Å². The van der Waals surface area contributed by atoms with Gasteiger partial charge in [-0.05, 0) is 48.4 Å². The van der Waals surface area contributed by atoms with Gasteiger partial charge in [0, 0.05) is 11.0 Å². The molecule has 94 valence electrons. The average molecular weight is 306 g/mol. The second kappa shape index (κ2) is 6.57. The molecule has 0 aliphatic heterocycles. The molecule has 18 heavy (non-hydrogen) atoms. The fourth-order valence-corrected chi connectivity index (χ4v) is 2.22.